The number of thiophene rings is 1. The molecule has 1 aliphatic carbocycles. The molecule has 4 rings (SSSR count). The predicted molar refractivity (Wildman–Crippen MR) is 100 cm³/mol. The van der Waals surface area contributed by atoms with Crippen molar-refractivity contribution >= 4 is 34.5 Å². The summed E-state index contributed by atoms with van der Waals surface area (Å²) in [5, 5.41) is 3.86. The van der Waals surface area contributed by atoms with Gasteiger partial charge in [0.15, 0.2) is 0 Å². The number of aryl methyl sites for hydroxylation is 1. The van der Waals surface area contributed by atoms with E-state index in [-0.39, 0.29) is 0 Å². The van der Waals surface area contributed by atoms with Crippen molar-refractivity contribution in [2.24, 2.45) is 0 Å². The lowest BCUT2D eigenvalue weighted by Gasteiger charge is -2.31. The van der Waals surface area contributed by atoms with Crippen molar-refractivity contribution in [2.45, 2.75) is 44.6 Å². The summed E-state index contributed by atoms with van der Waals surface area (Å²) in [6, 6.07) is 6.32. The monoisotopic (exact) mass is 365 g/mol. The first-order chi connectivity index (χ1) is 11.2. The van der Waals surface area contributed by atoms with Crippen LogP contribution in [0, 0.1) is 0 Å². The minimum atomic E-state index is 0.755. The fraction of sp³-hybridized carbons (Fsp3) is 0.474. The van der Waals surface area contributed by atoms with Crippen molar-refractivity contribution in [3.05, 3.63) is 55.2 Å². The molecule has 0 saturated carbocycles. The maximum atomic E-state index is 6.34. The third-order valence-electron chi connectivity index (χ3n) is 5.29. The molecule has 23 heavy (non-hydrogen) atoms. The van der Waals surface area contributed by atoms with E-state index < -0.39 is 0 Å². The first-order valence-corrected chi connectivity index (χ1v) is 10.1. The van der Waals surface area contributed by atoms with E-state index in [9.17, 15) is 0 Å². The molecule has 0 saturated heterocycles. The number of benzene rings is 1. The summed E-state index contributed by atoms with van der Waals surface area (Å²) in [7, 11) is 0. The molecule has 0 radical (unpaired) electrons. The lowest BCUT2D eigenvalue weighted by molar-refractivity contribution is 0.241. The summed E-state index contributed by atoms with van der Waals surface area (Å²) >= 11 is 14.4. The molecule has 1 aromatic heterocycles. The van der Waals surface area contributed by atoms with E-state index in [0.29, 0.717) is 0 Å². The highest BCUT2D eigenvalue weighted by atomic mass is 35.5. The maximum absolute atomic E-state index is 6.34. The third kappa shape index (κ3) is 3.32. The van der Waals surface area contributed by atoms with E-state index in [1.165, 1.54) is 43.4 Å². The molecule has 1 nitrogen and oxygen atoms in total. The lowest BCUT2D eigenvalue weighted by atomic mass is 9.85. The second-order valence-corrected chi connectivity index (χ2v) is 8.57. The van der Waals surface area contributed by atoms with Gasteiger partial charge in [-0.15, -0.1) is 11.3 Å². The van der Waals surface area contributed by atoms with Gasteiger partial charge in [0.1, 0.15) is 0 Å². The Morgan fingerprint density at radius 3 is 3.04 bits per heavy atom. The molecule has 2 aliphatic rings. The van der Waals surface area contributed by atoms with Gasteiger partial charge >= 0.3 is 0 Å². The Bertz CT molecular complexity index is 709. The van der Waals surface area contributed by atoms with E-state index in [1.54, 1.807) is 10.4 Å². The zero-order chi connectivity index (χ0) is 15.8. The average Bonchev–Trinajstić information content (AvgIpc) is 3.01. The molecule has 0 bridgehead atoms. The second-order valence-electron chi connectivity index (χ2n) is 6.73. The maximum Gasteiger partial charge on any atom is 0.0456 e. The Morgan fingerprint density at radius 1 is 1.22 bits per heavy atom. The van der Waals surface area contributed by atoms with Crippen molar-refractivity contribution in [3.8, 4) is 0 Å². The molecular weight excluding hydrogens is 345 g/mol. The normalized spacial score (nSPS) is 21.0. The quantitative estimate of drug-likeness (QED) is 0.651. The summed E-state index contributed by atoms with van der Waals surface area (Å²) < 4.78 is 0. The van der Waals surface area contributed by atoms with Crippen LogP contribution in [0.15, 0.2) is 23.6 Å². The van der Waals surface area contributed by atoms with E-state index >= 15 is 0 Å². The van der Waals surface area contributed by atoms with Crippen LogP contribution in [0.4, 0.5) is 0 Å². The number of halogens is 2. The van der Waals surface area contributed by atoms with Gasteiger partial charge in [0.2, 0.25) is 0 Å². The van der Waals surface area contributed by atoms with Gasteiger partial charge in [-0.3, -0.25) is 4.90 Å². The molecule has 0 fully saturated rings. The van der Waals surface area contributed by atoms with E-state index in [4.69, 9.17) is 23.2 Å². The van der Waals surface area contributed by atoms with Gasteiger partial charge in [0, 0.05) is 28.0 Å². The Kier molecular flexibility index (Phi) is 4.69. The SMILES string of the molecule is Clc1cc(Cl)c2c(c1)CN(CCC1CCCc3sccc31)CC2. The van der Waals surface area contributed by atoms with Crippen LogP contribution in [-0.4, -0.2) is 18.0 Å². The predicted octanol–water partition coefficient (Wildman–Crippen LogP) is 5.92. The molecular formula is C19H21Cl2NS. The zero-order valence-electron chi connectivity index (χ0n) is 13.2. The van der Waals surface area contributed by atoms with Crippen molar-refractivity contribution in [1.29, 1.82) is 0 Å². The molecule has 2 aromatic rings. The highest BCUT2D eigenvalue weighted by Gasteiger charge is 2.24. The summed E-state index contributed by atoms with van der Waals surface area (Å²) in [5.41, 5.74) is 4.24. The van der Waals surface area contributed by atoms with E-state index in [0.717, 1.165) is 35.5 Å². The van der Waals surface area contributed by atoms with Gasteiger partial charge in [0.25, 0.3) is 0 Å². The standard InChI is InChI=1S/C19H21Cl2NS/c20-15-10-14-12-22(8-5-16(14)18(21)11-15)7-4-13-2-1-3-19-17(13)6-9-23-19/h6,9-11,13H,1-5,7-8,12H2. The fourth-order valence-corrected chi connectivity index (χ4v) is 5.72. The summed E-state index contributed by atoms with van der Waals surface area (Å²) in [5.74, 6) is 0.759. The van der Waals surface area contributed by atoms with Crippen LogP contribution in [0.1, 0.15) is 46.7 Å². The van der Waals surface area contributed by atoms with Crippen LogP contribution in [0.2, 0.25) is 10.0 Å². The smallest absolute Gasteiger partial charge is 0.0456 e. The van der Waals surface area contributed by atoms with Crippen molar-refractivity contribution in [1.82, 2.24) is 4.90 Å². The number of fused-ring (bicyclic) bond motifs is 2. The topological polar surface area (TPSA) is 3.24 Å². The van der Waals surface area contributed by atoms with E-state index in [2.05, 4.69) is 22.4 Å². The first kappa shape index (κ1) is 16.0. The number of rotatable bonds is 3. The lowest BCUT2D eigenvalue weighted by Crippen LogP contribution is -2.32. The van der Waals surface area contributed by atoms with Gasteiger partial charge in [-0.2, -0.15) is 0 Å². The Labute approximate surface area is 152 Å². The minimum absolute atomic E-state index is 0.755. The van der Waals surface area contributed by atoms with Gasteiger partial charge < -0.3 is 0 Å². The second kappa shape index (κ2) is 6.76. The molecule has 0 spiro atoms. The van der Waals surface area contributed by atoms with Crippen LogP contribution in [0.3, 0.4) is 0 Å². The zero-order valence-corrected chi connectivity index (χ0v) is 15.5. The first-order valence-electron chi connectivity index (χ1n) is 8.46. The molecule has 0 N–H and O–H groups in total. The van der Waals surface area contributed by atoms with Crippen LogP contribution in [-0.2, 0) is 19.4 Å². The molecule has 1 atom stereocenters. The van der Waals surface area contributed by atoms with Gasteiger partial charge in [-0.05, 0) is 84.8 Å². The van der Waals surface area contributed by atoms with Gasteiger partial charge in [-0.25, -0.2) is 0 Å². The van der Waals surface area contributed by atoms with Crippen LogP contribution >= 0.6 is 34.5 Å². The van der Waals surface area contributed by atoms with E-state index in [1.807, 2.05) is 17.4 Å². The Balaban J connectivity index is 1.42. The molecule has 122 valence electrons. The average molecular weight is 366 g/mol. The third-order valence-corrected chi connectivity index (χ3v) is 6.85. The van der Waals surface area contributed by atoms with Crippen molar-refractivity contribution < 1.29 is 0 Å². The number of nitrogens with zero attached hydrogens (tertiary/aromatic N) is 1. The molecule has 1 unspecified atom stereocenters. The van der Waals surface area contributed by atoms with Gasteiger partial charge in [-0.1, -0.05) is 23.2 Å². The minimum Gasteiger partial charge on any atom is -0.299 e. The van der Waals surface area contributed by atoms with Crippen LogP contribution < -0.4 is 0 Å². The van der Waals surface area contributed by atoms with Crippen molar-refractivity contribution in [2.75, 3.05) is 13.1 Å². The summed E-state index contributed by atoms with van der Waals surface area (Å²) in [6.45, 7) is 3.26. The Morgan fingerprint density at radius 2 is 2.13 bits per heavy atom. The van der Waals surface area contributed by atoms with Crippen LogP contribution in [0.25, 0.3) is 0 Å². The molecule has 1 aromatic carbocycles. The largest absolute Gasteiger partial charge is 0.299 e. The van der Waals surface area contributed by atoms with Crippen LogP contribution in [0.5, 0.6) is 0 Å². The number of hydrogen-bond acceptors (Lipinski definition) is 2. The molecule has 2 heterocycles. The molecule has 1 aliphatic heterocycles. The van der Waals surface area contributed by atoms with Gasteiger partial charge in [0.05, 0.1) is 0 Å². The molecule has 4 heteroatoms. The summed E-state index contributed by atoms with van der Waals surface area (Å²) in [6.07, 6.45) is 6.31. The van der Waals surface area contributed by atoms with Crippen molar-refractivity contribution in [3.63, 3.8) is 0 Å². The highest BCUT2D eigenvalue weighted by Crippen LogP contribution is 2.37. The Hall–Kier alpha value is -0.540. The fourth-order valence-electron chi connectivity index (χ4n) is 4.08. The number of hydrogen-bond donors (Lipinski definition) is 0. The molecule has 0 amide bonds. The highest BCUT2D eigenvalue weighted by molar-refractivity contribution is 7.10. The summed E-state index contributed by atoms with van der Waals surface area (Å²) in [4.78, 5) is 4.19.